The Bertz CT molecular complexity index is 915. The van der Waals surface area contributed by atoms with Crippen LogP contribution < -0.4 is 4.90 Å². The Hall–Kier alpha value is -1.84. The van der Waals surface area contributed by atoms with Crippen molar-refractivity contribution in [1.29, 1.82) is 0 Å². The Morgan fingerprint density at radius 3 is 2.33 bits per heavy atom. The van der Waals surface area contributed by atoms with E-state index in [4.69, 9.17) is 11.6 Å². The molecule has 0 aromatic heterocycles. The van der Waals surface area contributed by atoms with E-state index in [-0.39, 0.29) is 16.9 Å². The van der Waals surface area contributed by atoms with Gasteiger partial charge in [-0.1, -0.05) is 55.8 Å². The molecule has 0 radical (unpaired) electrons. The van der Waals surface area contributed by atoms with Crippen molar-refractivity contribution in [3.05, 3.63) is 64.7 Å². The molecule has 0 aliphatic carbocycles. The third-order valence-corrected chi connectivity index (χ3v) is 7.35. The van der Waals surface area contributed by atoms with Gasteiger partial charge >= 0.3 is 0 Å². The Morgan fingerprint density at radius 2 is 1.67 bits per heavy atom. The highest BCUT2D eigenvalue weighted by atomic mass is 35.5. The quantitative estimate of drug-likeness (QED) is 0.612. The summed E-state index contributed by atoms with van der Waals surface area (Å²) in [5, 5.41) is 0.748. The molecule has 2 aromatic rings. The highest BCUT2D eigenvalue weighted by molar-refractivity contribution is 6.30. The van der Waals surface area contributed by atoms with E-state index in [9.17, 15) is 4.79 Å². The predicted molar refractivity (Wildman–Crippen MR) is 125 cm³/mol. The standard InChI is InChI=1S/C26H33ClN2O/c1-19-13-15-28(16-14-19)17-24(30)29-23-8-6-5-7-22(23)26(4,18-25(29,2)3)20-9-11-21(27)12-10-20/h5-12,19H,13-18H2,1-4H3/t26-/m1/s1. The van der Waals surface area contributed by atoms with Gasteiger partial charge in [0.05, 0.1) is 6.54 Å². The van der Waals surface area contributed by atoms with Gasteiger partial charge < -0.3 is 4.90 Å². The molecule has 2 aromatic carbocycles. The number of benzene rings is 2. The van der Waals surface area contributed by atoms with E-state index in [2.05, 4.69) is 67.8 Å². The number of hydrogen-bond donors (Lipinski definition) is 0. The fourth-order valence-electron chi connectivity index (χ4n) is 5.53. The number of piperidine rings is 1. The molecule has 2 heterocycles. The van der Waals surface area contributed by atoms with Gasteiger partial charge in [0.1, 0.15) is 0 Å². The van der Waals surface area contributed by atoms with Crippen LogP contribution >= 0.6 is 11.6 Å². The van der Waals surface area contributed by atoms with Crippen LogP contribution in [0.25, 0.3) is 0 Å². The van der Waals surface area contributed by atoms with Gasteiger partial charge in [-0.15, -0.1) is 0 Å². The summed E-state index contributed by atoms with van der Waals surface area (Å²) < 4.78 is 0. The summed E-state index contributed by atoms with van der Waals surface area (Å²) in [6, 6.07) is 16.6. The SMILES string of the molecule is CC1CCN(CC(=O)N2c3ccccc3[C@@](C)(c3ccc(Cl)cc3)CC2(C)C)CC1. The Labute approximate surface area is 186 Å². The van der Waals surface area contributed by atoms with Gasteiger partial charge in [0.15, 0.2) is 0 Å². The number of carbonyl (C=O) groups is 1. The zero-order valence-electron chi connectivity index (χ0n) is 18.6. The number of hydrogen-bond acceptors (Lipinski definition) is 2. The van der Waals surface area contributed by atoms with Crippen molar-refractivity contribution in [1.82, 2.24) is 4.90 Å². The molecule has 4 rings (SSSR count). The van der Waals surface area contributed by atoms with Crippen molar-refractivity contribution < 1.29 is 4.79 Å². The highest BCUT2D eigenvalue weighted by Crippen LogP contribution is 2.50. The average Bonchev–Trinajstić information content (AvgIpc) is 2.69. The Balaban J connectivity index is 1.70. The molecule has 1 saturated heterocycles. The van der Waals surface area contributed by atoms with Crippen LogP contribution in [-0.4, -0.2) is 36.0 Å². The van der Waals surface area contributed by atoms with Crippen molar-refractivity contribution in [2.24, 2.45) is 5.92 Å². The van der Waals surface area contributed by atoms with E-state index in [1.54, 1.807) is 0 Å². The Kier molecular flexibility index (Phi) is 5.71. The summed E-state index contributed by atoms with van der Waals surface area (Å²) in [4.78, 5) is 18.0. The minimum atomic E-state index is -0.289. The predicted octanol–water partition coefficient (Wildman–Crippen LogP) is 5.89. The largest absolute Gasteiger partial charge is 0.305 e. The number of anilines is 1. The van der Waals surface area contributed by atoms with Crippen LogP contribution in [-0.2, 0) is 10.2 Å². The summed E-state index contributed by atoms with van der Waals surface area (Å²) in [5.74, 6) is 0.976. The maximum Gasteiger partial charge on any atom is 0.241 e. The number of rotatable bonds is 3. The lowest BCUT2D eigenvalue weighted by molar-refractivity contribution is -0.121. The topological polar surface area (TPSA) is 23.6 Å². The van der Waals surface area contributed by atoms with Crippen LogP contribution in [0.5, 0.6) is 0 Å². The van der Waals surface area contributed by atoms with E-state index >= 15 is 0 Å². The normalized spacial score (nSPS) is 24.5. The zero-order chi connectivity index (χ0) is 21.5. The number of likely N-dealkylation sites (tertiary alicyclic amines) is 1. The number of nitrogens with zero attached hydrogens (tertiary/aromatic N) is 2. The molecular formula is C26H33ClN2O. The second-order valence-electron chi connectivity index (χ2n) is 10.0. The van der Waals surface area contributed by atoms with Gasteiger partial charge in [0, 0.05) is 21.7 Å². The fraction of sp³-hybridized carbons (Fsp3) is 0.500. The Morgan fingerprint density at radius 1 is 1.03 bits per heavy atom. The lowest BCUT2D eigenvalue weighted by Crippen LogP contribution is -2.58. The summed E-state index contributed by atoms with van der Waals surface area (Å²) in [7, 11) is 0. The third kappa shape index (κ3) is 3.90. The number of para-hydroxylation sites is 1. The van der Waals surface area contributed by atoms with Crippen molar-refractivity contribution in [2.45, 2.75) is 57.9 Å². The van der Waals surface area contributed by atoms with Crippen LogP contribution in [0, 0.1) is 5.92 Å². The van der Waals surface area contributed by atoms with Crippen LogP contribution in [0.15, 0.2) is 48.5 Å². The lowest BCUT2D eigenvalue weighted by Gasteiger charge is -2.51. The van der Waals surface area contributed by atoms with Crippen molar-refractivity contribution in [3.8, 4) is 0 Å². The van der Waals surface area contributed by atoms with Crippen LogP contribution in [0.4, 0.5) is 5.69 Å². The summed E-state index contributed by atoms with van der Waals surface area (Å²) in [6.45, 7) is 11.5. The third-order valence-electron chi connectivity index (χ3n) is 7.10. The molecule has 3 nitrogen and oxygen atoms in total. The molecule has 160 valence electrons. The van der Waals surface area contributed by atoms with Crippen LogP contribution in [0.2, 0.25) is 5.02 Å². The molecule has 1 amide bonds. The second kappa shape index (κ2) is 8.01. The minimum absolute atomic E-state index is 0.179. The molecular weight excluding hydrogens is 392 g/mol. The van der Waals surface area contributed by atoms with E-state index in [1.165, 1.54) is 24.0 Å². The second-order valence-corrected chi connectivity index (χ2v) is 10.5. The van der Waals surface area contributed by atoms with E-state index in [1.807, 2.05) is 18.2 Å². The first-order valence-corrected chi connectivity index (χ1v) is 11.5. The highest BCUT2D eigenvalue weighted by Gasteiger charge is 2.47. The van der Waals surface area contributed by atoms with E-state index in [0.29, 0.717) is 6.54 Å². The van der Waals surface area contributed by atoms with E-state index in [0.717, 1.165) is 36.1 Å². The fourth-order valence-corrected chi connectivity index (χ4v) is 5.66. The molecule has 30 heavy (non-hydrogen) atoms. The molecule has 0 N–H and O–H groups in total. The first-order valence-electron chi connectivity index (χ1n) is 11.1. The van der Waals surface area contributed by atoms with Crippen molar-refractivity contribution in [2.75, 3.05) is 24.5 Å². The number of halogens is 1. The zero-order valence-corrected chi connectivity index (χ0v) is 19.4. The minimum Gasteiger partial charge on any atom is -0.305 e. The summed E-state index contributed by atoms with van der Waals surface area (Å²) in [5.41, 5.74) is 3.03. The van der Waals surface area contributed by atoms with Gasteiger partial charge in [-0.25, -0.2) is 0 Å². The molecule has 0 spiro atoms. The van der Waals surface area contributed by atoms with Gasteiger partial charge in [0.25, 0.3) is 0 Å². The first kappa shape index (κ1) is 21.4. The maximum absolute atomic E-state index is 13.6. The summed E-state index contributed by atoms with van der Waals surface area (Å²) in [6.07, 6.45) is 3.23. The van der Waals surface area contributed by atoms with E-state index < -0.39 is 0 Å². The van der Waals surface area contributed by atoms with Gasteiger partial charge in [-0.3, -0.25) is 9.69 Å². The first-order chi connectivity index (χ1) is 14.2. The number of fused-ring (bicyclic) bond motifs is 1. The average molecular weight is 425 g/mol. The lowest BCUT2D eigenvalue weighted by atomic mass is 9.65. The smallest absolute Gasteiger partial charge is 0.241 e. The van der Waals surface area contributed by atoms with Crippen molar-refractivity contribution >= 4 is 23.2 Å². The van der Waals surface area contributed by atoms with Crippen LogP contribution in [0.1, 0.15) is 58.1 Å². The molecule has 4 heteroatoms. The maximum atomic E-state index is 13.6. The number of amides is 1. The molecule has 0 unspecified atom stereocenters. The molecule has 1 fully saturated rings. The molecule has 0 bridgehead atoms. The molecule has 2 aliphatic heterocycles. The van der Waals surface area contributed by atoms with Gasteiger partial charge in [-0.2, -0.15) is 0 Å². The monoisotopic (exact) mass is 424 g/mol. The van der Waals surface area contributed by atoms with Crippen LogP contribution in [0.3, 0.4) is 0 Å². The molecule has 2 aliphatic rings. The molecule has 1 atom stereocenters. The summed E-state index contributed by atoms with van der Waals surface area (Å²) >= 11 is 6.16. The molecule has 0 saturated carbocycles. The van der Waals surface area contributed by atoms with Gasteiger partial charge in [0.2, 0.25) is 5.91 Å². The van der Waals surface area contributed by atoms with Crippen molar-refractivity contribution in [3.63, 3.8) is 0 Å². The number of carbonyl (C=O) groups excluding carboxylic acids is 1. The van der Waals surface area contributed by atoms with Gasteiger partial charge in [-0.05, 0) is 81.4 Å².